The second kappa shape index (κ2) is 65.9. The van der Waals surface area contributed by atoms with E-state index in [2.05, 4.69) is 31.3 Å². The van der Waals surface area contributed by atoms with E-state index in [0.717, 1.165) is 38.5 Å². The fraction of sp³-hybridized carbons (Fsp3) is 0.914. The lowest BCUT2D eigenvalue weighted by atomic mass is 10.0. The first kappa shape index (κ1) is 74.3. The number of hydrogen-bond acceptors (Lipinski definition) is 5. The average Bonchev–Trinajstić information content (AvgIpc) is 3.42. The molecule has 0 radical (unpaired) electrons. The molecule has 2 unspecified atom stereocenters. The number of amides is 1. The number of carbonyl (C=O) groups excluding carboxylic acids is 2. The summed E-state index contributed by atoms with van der Waals surface area (Å²) in [6.07, 6.45) is 82.6. The molecule has 0 saturated carbocycles. The number of ether oxygens (including phenoxy) is 1. The van der Waals surface area contributed by atoms with E-state index >= 15 is 0 Å². The standard InChI is InChI=1S/C70H135NO5/c1-3-5-7-9-11-13-15-17-35-40-44-48-52-56-60-64-70(75)76-65-61-57-53-49-45-41-37-34-32-30-28-26-24-22-20-18-19-21-23-25-27-29-31-33-36-39-43-47-51-55-59-63-69(74)71-67(66-72)68(73)62-58-54-50-46-42-38-16-14-12-10-8-6-4-2/h20,22,58,62,67-68,72-73H,3-19,21,23-57,59-61,63-66H2,1-2H3,(H,71,74)/b22-20-,62-58+. The average molecular weight is 1070 g/mol. The van der Waals surface area contributed by atoms with Gasteiger partial charge in [-0.05, 0) is 57.8 Å². The summed E-state index contributed by atoms with van der Waals surface area (Å²) in [5.41, 5.74) is 0. The molecule has 0 aromatic heterocycles. The lowest BCUT2D eigenvalue weighted by Crippen LogP contribution is -2.45. The Hall–Kier alpha value is -1.66. The predicted octanol–water partition coefficient (Wildman–Crippen LogP) is 22.1. The summed E-state index contributed by atoms with van der Waals surface area (Å²) >= 11 is 0. The fourth-order valence-corrected chi connectivity index (χ4v) is 10.9. The van der Waals surface area contributed by atoms with Gasteiger partial charge in [-0.15, -0.1) is 0 Å². The molecule has 6 heteroatoms. The van der Waals surface area contributed by atoms with E-state index < -0.39 is 12.1 Å². The van der Waals surface area contributed by atoms with Crippen LogP contribution in [0.2, 0.25) is 0 Å². The number of allylic oxidation sites excluding steroid dienone is 3. The van der Waals surface area contributed by atoms with Gasteiger partial charge in [-0.1, -0.05) is 340 Å². The van der Waals surface area contributed by atoms with E-state index in [4.69, 9.17) is 4.74 Å². The maximum Gasteiger partial charge on any atom is 0.305 e. The third kappa shape index (κ3) is 61.6. The molecule has 2 atom stereocenters. The largest absolute Gasteiger partial charge is 0.466 e. The number of hydrogen-bond donors (Lipinski definition) is 3. The molecular formula is C70H135NO5. The van der Waals surface area contributed by atoms with Crippen molar-refractivity contribution in [3.63, 3.8) is 0 Å². The Morgan fingerprint density at radius 2 is 0.618 bits per heavy atom. The molecule has 0 aliphatic rings. The van der Waals surface area contributed by atoms with Crippen LogP contribution in [0.3, 0.4) is 0 Å². The van der Waals surface area contributed by atoms with Gasteiger partial charge in [0.15, 0.2) is 0 Å². The van der Waals surface area contributed by atoms with Crippen LogP contribution in [-0.2, 0) is 14.3 Å². The molecule has 0 rings (SSSR count). The molecule has 0 bridgehead atoms. The van der Waals surface area contributed by atoms with Crippen molar-refractivity contribution in [2.24, 2.45) is 0 Å². The Bertz CT molecular complexity index is 1190. The van der Waals surface area contributed by atoms with Crippen molar-refractivity contribution in [1.82, 2.24) is 5.32 Å². The summed E-state index contributed by atoms with van der Waals surface area (Å²) < 4.78 is 5.50. The van der Waals surface area contributed by atoms with E-state index in [1.165, 1.54) is 321 Å². The molecule has 3 N–H and O–H groups in total. The third-order valence-electron chi connectivity index (χ3n) is 16.2. The van der Waals surface area contributed by atoms with Crippen LogP contribution in [0.15, 0.2) is 24.3 Å². The number of aliphatic hydroxyl groups is 2. The summed E-state index contributed by atoms with van der Waals surface area (Å²) in [6.45, 7) is 4.93. The zero-order valence-electron chi connectivity index (χ0n) is 51.5. The van der Waals surface area contributed by atoms with Gasteiger partial charge in [0.2, 0.25) is 5.91 Å². The molecule has 0 aliphatic heterocycles. The van der Waals surface area contributed by atoms with Gasteiger partial charge in [0.05, 0.1) is 25.4 Å². The van der Waals surface area contributed by atoms with Crippen molar-refractivity contribution >= 4 is 11.9 Å². The molecule has 1 amide bonds. The van der Waals surface area contributed by atoms with Crippen molar-refractivity contribution < 1.29 is 24.5 Å². The Morgan fingerprint density at radius 3 is 0.934 bits per heavy atom. The minimum absolute atomic E-state index is 0.0208. The van der Waals surface area contributed by atoms with E-state index in [1.807, 2.05) is 6.08 Å². The molecule has 0 aromatic rings. The van der Waals surface area contributed by atoms with Gasteiger partial charge in [0.1, 0.15) is 0 Å². The summed E-state index contributed by atoms with van der Waals surface area (Å²) in [6, 6.07) is -0.625. The van der Waals surface area contributed by atoms with E-state index in [-0.39, 0.29) is 18.5 Å². The lowest BCUT2D eigenvalue weighted by molar-refractivity contribution is -0.143. The molecule has 76 heavy (non-hydrogen) atoms. The van der Waals surface area contributed by atoms with Crippen LogP contribution >= 0.6 is 0 Å². The highest BCUT2D eigenvalue weighted by Crippen LogP contribution is 2.18. The topological polar surface area (TPSA) is 95.9 Å². The van der Waals surface area contributed by atoms with Crippen LogP contribution < -0.4 is 5.32 Å². The smallest absolute Gasteiger partial charge is 0.305 e. The van der Waals surface area contributed by atoms with Crippen molar-refractivity contribution in [2.75, 3.05) is 13.2 Å². The Labute approximate surface area is 475 Å². The van der Waals surface area contributed by atoms with Gasteiger partial charge < -0.3 is 20.3 Å². The highest BCUT2D eigenvalue weighted by atomic mass is 16.5. The number of carbonyl (C=O) groups is 2. The summed E-state index contributed by atoms with van der Waals surface area (Å²) in [7, 11) is 0. The van der Waals surface area contributed by atoms with Crippen molar-refractivity contribution in [2.45, 2.75) is 398 Å². The van der Waals surface area contributed by atoms with Crippen LogP contribution in [0, 0.1) is 0 Å². The van der Waals surface area contributed by atoms with Gasteiger partial charge in [-0.3, -0.25) is 9.59 Å². The van der Waals surface area contributed by atoms with Gasteiger partial charge in [-0.25, -0.2) is 0 Å². The van der Waals surface area contributed by atoms with Crippen LogP contribution in [0.4, 0.5) is 0 Å². The Kier molecular flexibility index (Phi) is 64.4. The van der Waals surface area contributed by atoms with Gasteiger partial charge >= 0.3 is 5.97 Å². The van der Waals surface area contributed by atoms with Crippen molar-refractivity contribution in [3.8, 4) is 0 Å². The number of esters is 1. The lowest BCUT2D eigenvalue weighted by Gasteiger charge is -2.20. The molecule has 0 fully saturated rings. The van der Waals surface area contributed by atoms with Crippen molar-refractivity contribution in [1.29, 1.82) is 0 Å². The second-order valence-electron chi connectivity index (χ2n) is 23.9. The molecule has 0 heterocycles. The van der Waals surface area contributed by atoms with Gasteiger partial charge in [-0.2, -0.15) is 0 Å². The van der Waals surface area contributed by atoms with Crippen LogP contribution in [0.1, 0.15) is 386 Å². The van der Waals surface area contributed by atoms with E-state index in [0.29, 0.717) is 19.4 Å². The second-order valence-corrected chi connectivity index (χ2v) is 23.9. The quantitative estimate of drug-likeness (QED) is 0.0320. The summed E-state index contributed by atoms with van der Waals surface area (Å²) in [5, 5.41) is 23.1. The van der Waals surface area contributed by atoms with Crippen LogP contribution in [0.5, 0.6) is 0 Å². The molecule has 0 spiro atoms. The van der Waals surface area contributed by atoms with Crippen LogP contribution in [-0.4, -0.2) is 47.4 Å². The van der Waals surface area contributed by atoms with Gasteiger partial charge in [0.25, 0.3) is 0 Å². The number of aliphatic hydroxyl groups excluding tert-OH is 2. The minimum atomic E-state index is -0.842. The van der Waals surface area contributed by atoms with E-state index in [9.17, 15) is 19.8 Å². The zero-order valence-corrected chi connectivity index (χ0v) is 51.5. The van der Waals surface area contributed by atoms with E-state index in [1.54, 1.807) is 6.08 Å². The number of rotatable bonds is 65. The van der Waals surface area contributed by atoms with Gasteiger partial charge in [0, 0.05) is 12.8 Å². The maximum absolute atomic E-state index is 12.5. The Morgan fingerprint density at radius 1 is 0.355 bits per heavy atom. The SMILES string of the molecule is CCCCCCCCCCCCC/C=C/C(O)C(CO)NC(=O)CCCCCCCCCCCCCCCCC/C=C\CCCCCCCCCCCCCCOC(=O)CCCCCCCCCCCCCCCCC. The summed E-state index contributed by atoms with van der Waals surface area (Å²) in [4.78, 5) is 24.5. The first-order chi connectivity index (χ1) is 37.5. The Balaban J connectivity index is 3.35. The monoisotopic (exact) mass is 1070 g/mol. The van der Waals surface area contributed by atoms with Crippen molar-refractivity contribution in [3.05, 3.63) is 24.3 Å². The highest BCUT2D eigenvalue weighted by molar-refractivity contribution is 5.76. The highest BCUT2D eigenvalue weighted by Gasteiger charge is 2.18. The molecule has 0 aromatic carbocycles. The minimum Gasteiger partial charge on any atom is -0.466 e. The summed E-state index contributed by atoms with van der Waals surface area (Å²) in [5.74, 6) is -0.0436. The molecular weight excluding hydrogens is 935 g/mol. The van der Waals surface area contributed by atoms with Crippen LogP contribution in [0.25, 0.3) is 0 Å². The molecule has 0 aliphatic carbocycles. The third-order valence-corrected chi connectivity index (χ3v) is 16.2. The predicted molar refractivity (Wildman–Crippen MR) is 333 cm³/mol. The maximum atomic E-state index is 12.5. The number of unbranched alkanes of at least 4 members (excludes halogenated alkanes) is 52. The first-order valence-corrected chi connectivity index (χ1v) is 34.6. The molecule has 450 valence electrons. The molecule has 0 saturated heterocycles. The zero-order chi connectivity index (χ0) is 55.0. The number of nitrogens with one attached hydrogen (secondary N) is 1. The molecule has 6 nitrogen and oxygen atoms in total. The normalized spacial score (nSPS) is 12.6. The fourth-order valence-electron chi connectivity index (χ4n) is 10.9. The first-order valence-electron chi connectivity index (χ1n) is 34.6.